The Balaban J connectivity index is 1.38. The second-order valence-electron chi connectivity index (χ2n) is 11.2. The van der Waals surface area contributed by atoms with E-state index in [2.05, 4.69) is 19.2 Å². The van der Waals surface area contributed by atoms with Gasteiger partial charge in [0.15, 0.2) is 6.17 Å². The molecule has 1 N–H and O–H groups in total. The Morgan fingerprint density at radius 3 is 2.56 bits per heavy atom. The number of fused-ring (bicyclic) bond motifs is 5. The van der Waals surface area contributed by atoms with E-state index >= 15 is 0 Å². The number of halogens is 2. The smallest absolute Gasteiger partial charge is 0.257 e. The Morgan fingerprint density at radius 1 is 1.09 bits per heavy atom. The minimum atomic E-state index is -1.38. The van der Waals surface area contributed by atoms with Gasteiger partial charge < -0.3 is 10.2 Å². The number of piperidine rings is 1. The van der Waals surface area contributed by atoms with E-state index in [9.17, 15) is 14.0 Å². The molecule has 1 aliphatic heterocycles. The number of benzene rings is 1. The zero-order valence-electron chi connectivity index (χ0n) is 19.2. The van der Waals surface area contributed by atoms with Gasteiger partial charge in [0.2, 0.25) is 5.91 Å². The van der Waals surface area contributed by atoms with Crippen molar-refractivity contribution < 1.29 is 14.0 Å². The summed E-state index contributed by atoms with van der Waals surface area (Å²) in [6.45, 7) is 4.53. The number of amides is 2. The molecule has 0 unspecified atom stereocenters. The van der Waals surface area contributed by atoms with Gasteiger partial charge in [-0.25, -0.2) is 4.39 Å². The van der Waals surface area contributed by atoms with Crippen LogP contribution in [0.3, 0.4) is 0 Å². The Labute approximate surface area is 195 Å². The van der Waals surface area contributed by atoms with Crippen LogP contribution in [0.4, 0.5) is 10.1 Å². The zero-order chi connectivity index (χ0) is 22.8. The molecular weight excluding hydrogens is 427 g/mol. The predicted molar refractivity (Wildman–Crippen MR) is 124 cm³/mol. The van der Waals surface area contributed by atoms with Crippen molar-refractivity contribution in [3.05, 3.63) is 29.3 Å². The zero-order valence-corrected chi connectivity index (χ0v) is 20.0. The van der Waals surface area contributed by atoms with E-state index < -0.39 is 6.17 Å². The summed E-state index contributed by atoms with van der Waals surface area (Å²) in [4.78, 5) is 27.3. The molecule has 4 aliphatic rings. The molecule has 0 spiro atoms. The number of anilines is 1. The number of para-hydroxylation sites is 1. The molecule has 174 valence electrons. The summed E-state index contributed by atoms with van der Waals surface area (Å²) in [6.07, 6.45) is 4.91. The van der Waals surface area contributed by atoms with Gasteiger partial charge in [-0.3, -0.25) is 9.59 Å². The first-order valence-electron chi connectivity index (χ1n) is 12.1. The van der Waals surface area contributed by atoms with Crippen LogP contribution in [0.5, 0.6) is 0 Å². The van der Waals surface area contributed by atoms with E-state index in [-0.39, 0.29) is 34.6 Å². The van der Waals surface area contributed by atoms with Gasteiger partial charge in [0.1, 0.15) is 0 Å². The summed E-state index contributed by atoms with van der Waals surface area (Å²) < 4.78 is 14.7. The van der Waals surface area contributed by atoms with Gasteiger partial charge in [0.05, 0.1) is 10.7 Å². The first-order valence-corrected chi connectivity index (χ1v) is 12.5. The molecule has 2 amide bonds. The minimum Gasteiger partial charge on any atom is -0.340 e. The summed E-state index contributed by atoms with van der Waals surface area (Å²) in [7, 11) is 1.79. The maximum atomic E-state index is 14.7. The molecule has 8 atom stereocenters. The topological polar surface area (TPSA) is 49.4 Å². The van der Waals surface area contributed by atoms with Gasteiger partial charge in [-0.05, 0) is 85.7 Å². The number of hydrogen-bond donors (Lipinski definition) is 1. The van der Waals surface area contributed by atoms with E-state index in [4.69, 9.17) is 11.6 Å². The van der Waals surface area contributed by atoms with Crippen molar-refractivity contribution >= 4 is 29.1 Å². The van der Waals surface area contributed by atoms with Crippen LogP contribution in [-0.4, -0.2) is 36.0 Å². The van der Waals surface area contributed by atoms with Crippen molar-refractivity contribution in [1.82, 2.24) is 4.90 Å². The fourth-order valence-corrected chi connectivity index (χ4v) is 8.60. The molecule has 0 aromatic heterocycles. The fourth-order valence-electron chi connectivity index (χ4n) is 8.42. The van der Waals surface area contributed by atoms with Crippen molar-refractivity contribution in [2.75, 3.05) is 12.4 Å². The van der Waals surface area contributed by atoms with E-state index in [0.29, 0.717) is 34.9 Å². The Kier molecular flexibility index (Phi) is 5.35. The molecule has 32 heavy (non-hydrogen) atoms. The minimum absolute atomic E-state index is 0.0280. The van der Waals surface area contributed by atoms with Gasteiger partial charge >= 0.3 is 0 Å². The lowest BCUT2D eigenvalue weighted by molar-refractivity contribution is -0.169. The molecule has 5 rings (SSSR count). The molecular formula is C26H34ClFN2O2. The standard InChI is InChI=1S/C26H34ClFN2O2/c1-25-13-12-17-15(8-11-22-26(17,2)14-20(28)24(32)30(22)3)16(25)9-10-18(25)23(31)29-21-7-5-4-6-19(21)27/h4-7,15-18,20,22H,8-14H2,1-3H3,(H,29,31)/t15-,16-,17-,18+,20+,22+,25-,26+/m0/s1. The number of nitrogens with one attached hydrogen (secondary N) is 1. The van der Waals surface area contributed by atoms with E-state index in [1.54, 1.807) is 18.0 Å². The number of rotatable bonds is 2. The molecule has 3 aliphatic carbocycles. The summed E-state index contributed by atoms with van der Waals surface area (Å²) in [5.41, 5.74) is 0.461. The fraction of sp³-hybridized carbons (Fsp3) is 0.692. The van der Waals surface area contributed by atoms with Gasteiger partial charge in [-0.2, -0.15) is 0 Å². The van der Waals surface area contributed by atoms with Crippen LogP contribution in [0.15, 0.2) is 24.3 Å². The highest BCUT2D eigenvalue weighted by atomic mass is 35.5. The van der Waals surface area contributed by atoms with Crippen molar-refractivity contribution in [1.29, 1.82) is 0 Å². The largest absolute Gasteiger partial charge is 0.340 e. The quantitative estimate of drug-likeness (QED) is 0.614. The lowest BCUT2D eigenvalue weighted by Gasteiger charge is -2.62. The third-order valence-electron chi connectivity index (χ3n) is 9.97. The third-order valence-corrected chi connectivity index (χ3v) is 10.3. The maximum Gasteiger partial charge on any atom is 0.257 e. The van der Waals surface area contributed by atoms with Crippen LogP contribution in [0.25, 0.3) is 0 Å². The molecule has 1 aromatic carbocycles. The summed E-state index contributed by atoms with van der Waals surface area (Å²) in [5, 5.41) is 3.65. The predicted octanol–water partition coefficient (Wildman–Crippen LogP) is 5.71. The Morgan fingerprint density at radius 2 is 1.81 bits per heavy atom. The van der Waals surface area contributed by atoms with Crippen molar-refractivity contribution in [2.24, 2.45) is 34.5 Å². The first-order chi connectivity index (χ1) is 15.2. The Hall–Kier alpha value is -1.62. The molecule has 3 saturated carbocycles. The normalized spacial score (nSPS) is 43.3. The molecule has 1 heterocycles. The van der Waals surface area contributed by atoms with E-state index in [0.717, 1.165) is 38.5 Å². The van der Waals surface area contributed by atoms with Gasteiger partial charge in [0.25, 0.3) is 5.91 Å². The van der Waals surface area contributed by atoms with Gasteiger partial charge in [0, 0.05) is 19.0 Å². The highest BCUT2D eigenvalue weighted by molar-refractivity contribution is 6.33. The number of alkyl halides is 1. The van der Waals surface area contributed by atoms with Gasteiger partial charge in [-0.1, -0.05) is 37.6 Å². The molecule has 1 saturated heterocycles. The van der Waals surface area contributed by atoms with Crippen LogP contribution in [0, 0.1) is 34.5 Å². The van der Waals surface area contributed by atoms with Crippen molar-refractivity contribution in [3.63, 3.8) is 0 Å². The molecule has 4 fully saturated rings. The highest BCUT2D eigenvalue weighted by Gasteiger charge is 2.63. The van der Waals surface area contributed by atoms with Crippen molar-refractivity contribution in [3.8, 4) is 0 Å². The lowest BCUT2D eigenvalue weighted by atomic mass is 9.46. The average Bonchev–Trinajstić information content (AvgIpc) is 3.11. The molecule has 0 radical (unpaired) electrons. The van der Waals surface area contributed by atoms with E-state index in [1.807, 2.05) is 18.2 Å². The molecule has 4 nitrogen and oxygen atoms in total. The molecule has 0 bridgehead atoms. The number of likely N-dealkylation sites (tertiary alicyclic amines) is 1. The number of carbonyl (C=O) groups is 2. The number of nitrogens with zero attached hydrogens (tertiary/aromatic N) is 1. The van der Waals surface area contributed by atoms with Crippen LogP contribution in [0.2, 0.25) is 5.02 Å². The van der Waals surface area contributed by atoms with Crippen LogP contribution in [-0.2, 0) is 9.59 Å². The second-order valence-corrected chi connectivity index (χ2v) is 11.6. The monoisotopic (exact) mass is 460 g/mol. The highest BCUT2D eigenvalue weighted by Crippen LogP contribution is 2.66. The van der Waals surface area contributed by atoms with Crippen LogP contribution < -0.4 is 5.32 Å². The second kappa shape index (κ2) is 7.72. The number of hydrogen-bond acceptors (Lipinski definition) is 2. The first kappa shape index (κ1) is 22.2. The SMILES string of the molecule is CN1C(=O)[C@H](F)C[C@]2(C)[C@H]3CC[C@]4(C)[C@@H](C(=O)Nc5ccccc5Cl)CC[C@H]4[C@@H]3CC[C@@H]12. The molecule has 6 heteroatoms. The van der Waals surface area contributed by atoms with Crippen LogP contribution >= 0.6 is 11.6 Å². The molecule has 1 aromatic rings. The Bertz CT molecular complexity index is 940. The summed E-state index contributed by atoms with van der Waals surface area (Å²) in [6, 6.07) is 7.52. The lowest BCUT2D eigenvalue weighted by Crippen LogP contribution is -2.64. The van der Waals surface area contributed by atoms with Crippen LogP contribution in [0.1, 0.15) is 58.8 Å². The summed E-state index contributed by atoms with van der Waals surface area (Å²) >= 11 is 6.28. The number of carbonyl (C=O) groups excluding carboxylic acids is 2. The average molecular weight is 461 g/mol. The third kappa shape index (κ3) is 3.13. The van der Waals surface area contributed by atoms with E-state index in [1.165, 1.54) is 0 Å². The summed E-state index contributed by atoms with van der Waals surface area (Å²) in [5.74, 6) is 1.10. The maximum absolute atomic E-state index is 14.7. The van der Waals surface area contributed by atoms with Crippen molar-refractivity contribution in [2.45, 2.75) is 71.0 Å². The van der Waals surface area contributed by atoms with Gasteiger partial charge in [-0.15, -0.1) is 0 Å².